The molecule has 0 radical (unpaired) electrons. The number of thiazole rings is 2. The number of aromatic nitrogens is 2. The molecule has 3 aromatic rings. The molecule has 3 rings (SSSR count). The molecule has 2 heterocycles. The third-order valence-corrected chi connectivity index (χ3v) is 4.38. The minimum atomic E-state index is 0.223. The zero-order valence-corrected chi connectivity index (χ0v) is 11.8. The Labute approximate surface area is 114 Å². The first-order chi connectivity index (χ1) is 8.72. The van der Waals surface area contributed by atoms with Crippen LogP contribution in [0, 0.1) is 6.92 Å². The van der Waals surface area contributed by atoms with Crippen LogP contribution < -0.4 is 5.32 Å². The van der Waals surface area contributed by atoms with E-state index in [1.54, 1.807) is 22.7 Å². The average Bonchev–Trinajstić information content (AvgIpc) is 2.96. The molecule has 1 aromatic carbocycles. The van der Waals surface area contributed by atoms with Gasteiger partial charge in [0.2, 0.25) is 0 Å². The Kier molecular flexibility index (Phi) is 3.01. The van der Waals surface area contributed by atoms with Crippen LogP contribution in [0.4, 0.5) is 5.69 Å². The van der Waals surface area contributed by atoms with E-state index in [9.17, 15) is 0 Å². The number of nitrogens with one attached hydrogen (secondary N) is 1. The zero-order valence-electron chi connectivity index (χ0n) is 10.2. The van der Waals surface area contributed by atoms with E-state index in [-0.39, 0.29) is 6.04 Å². The van der Waals surface area contributed by atoms with Gasteiger partial charge in [0, 0.05) is 11.1 Å². The van der Waals surface area contributed by atoms with Gasteiger partial charge in [0.1, 0.15) is 0 Å². The number of rotatable bonds is 3. The summed E-state index contributed by atoms with van der Waals surface area (Å²) in [6, 6.07) is 6.48. The maximum atomic E-state index is 4.51. The highest BCUT2D eigenvalue weighted by Crippen LogP contribution is 2.25. The lowest BCUT2D eigenvalue weighted by Gasteiger charge is -2.12. The summed E-state index contributed by atoms with van der Waals surface area (Å²) in [4.78, 5) is 8.79. The summed E-state index contributed by atoms with van der Waals surface area (Å²) in [5, 5.41) is 6.69. The van der Waals surface area contributed by atoms with Crippen molar-refractivity contribution in [3.63, 3.8) is 0 Å². The SMILES string of the molecule is Cc1nc(C(C)Nc2ccc3ncsc3c2)cs1. The molecule has 5 heteroatoms. The highest BCUT2D eigenvalue weighted by molar-refractivity contribution is 7.16. The smallest absolute Gasteiger partial charge is 0.0898 e. The molecule has 0 saturated heterocycles. The van der Waals surface area contributed by atoms with E-state index in [0.717, 1.165) is 21.9 Å². The molecular weight excluding hydrogens is 262 g/mol. The third kappa shape index (κ3) is 2.23. The average molecular weight is 275 g/mol. The van der Waals surface area contributed by atoms with E-state index < -0.39 is 0 Å². The van der Waals surface area contributed by atoms with Crippen molar-refractivity contribution in [1.29, 1.82) is 0 Å². The van der Waals surface area contributed by atoms with Gasteiger partial charge in [-0.2, -0.15) is 0 Å². The second-order valence-corrected chi connectivity index (χ2v) is 6.14. The van der Waals surface area contributed by atoms with Gasteiger partial charge in [0.05, 0.1) is 32.5 Å². The Bertz CT molecular complexity index is 671. The lowest BCUT2D eigenvalue weighted by molar-refractivity contribution is 0.846. The molecule has 3 nitrogen and oxygen atoms in total. The quantitative estimate of drug-likeness (QED) is 0.777. The van der Waals surface area contributed by atoms with Crippen molar-refractivity contribution < 1.29 is 0 Å². The Balaban J connectivity index is 1.83. The van der Waals surface area contributed by atoms with Crippen molar-refractivity contribution in [3.8, 4) is 0 Å². The minimum absolute atomic E-state index is 0.223. The van der Waals surface area contributed by atoms with E-state index in [0.29, 0.717) is 0 Å². The van der Waals surface area contributed by atoms with Crippen molar-refractivity contribution in [2.45, 2.75) is 19.9 Å². The Hall–Kier alpha value is -1.46. The molecule has 0 saturated carbocycles. The van der Waals surface area contributed by atoms with Crippen LogP contribution in [-0.2, 0) is 0 Å². The maximum absolute atomic E-state index is 4.51. The van der Waals surface area contributed by atoms with Crippen molar-refractivity contribution in [1.82, 2.24) is 9.97 Å². The number of anilines is 1. The molecule has 1 atom stereocenters. The number of hydrogen-bond acceptors (Lipinski definition) is 5. The molecule has 0 aliphatic rings. The Morgan fingerprint density at radius 1 is 1.28 bits per heavy atom. The summed E-state index contributed by atoms with van der Waals surface area (Å²) >= 11 is 3.35. The summed E-state index contributed by atoms with van der Waals surface area (Å²) < 4.78 is 1.21. The predicted octanol–water partition coefficient (Wildman–Crippen LogP) is 4.23. The summed E-state index contributed by atoms with van der Waals surface area (Å²) in [6.07, 6.45) is 0. The molecule has 1 N–H and O–H groups in total. The van der Waals surface area contributed by atoms with Crippen LogP contribution in [0.15, 0.2) is 29.1 Å². The van der Waals surface area contributed by atoms with Gasteiger partial charge >= 0.3 is 0 Å². The van der Waals surface area contributed by atoms with Gasteiger partial charge in [0.15, 0.2) is 0 Å². The molecule has 0 aliphatic heterocycles. The molecular formula is C13H13N3S2. The van der Waals surface area contributed by atoms with Crippen LogP contribution in [0.25, 0.3) is 10.2 Å². The molecule has 0 bridgehead atoms. The first kappa shape index (κ1) is 11.6. The van der Waals surface area contributed by atoms with Crippen molar-refractivity contribution >= 4 is 38.6 Å². The monoisotopic (exact) mass is 275 g/mol. The number of benzene rings is 1. The number of hydrogen-bond donors (Lipinski definition) is 1. The fourth-order valence-electron chi connectivity index (χ4n) is 1.85. The summed E-state index contributed by atoms with van der Waals surface area (Å²) in [7, 11) is 0. The highest BCUT2D eigenvalue weighted by atomic mass is 32.1. The van der Waals surface area contributed by atoms with Gasteiger partial charge in [-0.1, -0.05) is 0 Å². The number of nitrogens with zero attached hydrogens (tertiary/aromatic N) is 2. The molecule has 18 heavy (non-hydrogen) atoms. The lowest BCUT2D eigenvalue weighted by Crippen LogP contribution is -2.06. The van der Waals surface area contributed by atoms with Gasteiger partial charge in [0.25, 0.3) is 0 Å². The first-order valence-electron chi connectivity index (χ1n) is 5.74. The van der Waals surface area contributed by atoms with Gasteiger partial charge in [-0.15, -0.1) is 22.7 Å². The fourth-order valence-corrected chi connectivity index (χ4v) is 3.27. The van der Waals surface area contributed by atoms with E-state index in [1.807, 2.05) is 18.5 Å². The van der Waals surface area contributed by atoms with Crippen LogP contribution >= 0.6 is 22.7 Å². The molecule has 0 fully saturated rings. The van der Waals surface area contributed by atoms with Crippen LogP contribution in [0.5, 0.6) is 0 Å². The van der Waals surface area contributed by atoms with Crippen molar-refractivity contribution in [2.75, 3.05) is 5.32 Å². The second kappa shape index (κ2) is 4.66. The minimum Gasteiger partial charge on any atom is -0.377 e. The number of fused-ring (bicyclic) bond motifs is 1. The number of aryl methyl sites for hydroxylation is 1. The Morgan fingerprint density at radius 3 is 2.94 bits per heavy atom. The lowest BCUT2D eigenvalue weighted by atomic mass is 10.2. The Morgan fingerprint density at radius 2 is 2.17 bits per heavy atom. The van der Waals surface area contributed by atoms with E-state index in [1.165, 1.54) is 4.70 Å². The normalized spacial score (nSPS) is 12.8. The van der Waals surface area contributed by atoms with Gasteiger partial charge in [-0.05, 0) is 32.0 Å². The first-order valence-corrected chi connectivity index (χ1v) is 7.50. The fraction of sp³-hybridized carbons (Fsp3) is 0.231. The molecule has 1 unspecified atom stereocenters. The van der Waals surface area contributed by atoms with E-state index in [4.69, 9.17) is 0 Å². The van der Waals surface area contributed by atoms with Crippen molar-refractivity contribution in [2.24, 2.45) is 0 Å². The molecule has 0 amide bonds. The molecule has 2 aromatic heterocycles. The third-order valence-electron chi connectivity index (χ3n) is 2.79. The second-order valence-electron chi connectivity index (χ2n) is 4.19. The van der Waals surface area contributed by atoms with E-state index in [2.05, 4.69) is 39.7 Å². The van der Waals surface area contributed by atoms with Crippen LogP contribution in [0.2, 0.25) is 0 Å². The molecule has 0 aliphatic carbocycles. The van der Waals surface area contributed by atoms with Crippen molar-refractivity contribution in [3.05, 3.63) is 39.8 Å². The maximum Gasteiger partial charge on any atom is 0.0898 e. The zero-order chi connectivity index (χ0) is 12.5. The summed E-state index contributed by atoms with van der Waals surface area (Å²) in [6.45, 7) is 4.16. The molecule has 0 spiro atoms. The van der Waals surface area contributed by atoms with Crippen LogP contribution in [0.3, 0.4) is 0 Å². The molecule has 92 valence electrons. The topological polar surface area (TPSA) is 37.8 Å². The standard InChI is InChI=1S/C13H13N3S2/c1-8(12-6-17-9(2)16-12)15-10-3-4-11-13(5-10)18-7-14-11/h3-8,15H,1-2H3. The van der Waals surface area contributed by atoms with Crippen LogP contribution in [0.1, 0.15) is 23.7 Å². The summed E-state index contributed by atoms with van der Waals surface area (Å²) in [5.74, 6) is 0. The van der Waals surface area contributed by atoms with E-state index >= 15 is 0 Å². The van der Waals surface area contributed by atoms with Gasteiger partial charge in [-0.3, -0.25) is 0 Å². The predicted molar refractivity (Wildman–Crippen MR) is 78.5 cm³/mol. The van der Waals surface area contributed by atoms with Crippen LogP contribution in [-0.4, -0.2) is 9.97 Å². The van der Waals surface area contributed by atoms with Gasteiger partial charge < -0.3 is 5.32 Å². The van der Waals surface area contributed by atoms with Gasteiger partial charge in [-0.25, -0.2) is 9.97 Å². The highest BCUT2D eigenvalue weighted by Gasteiger charge is 2.09. The largest absolute Gasteiger partial charge is 0.377 e. The summed E-state index contributed by atoms with van der Waals surface area (Å²) in [5.41, 5.74) is 5.15.